The molecule has 0 radical (unpaired) electrons. The van der Waals surface area contributed by atoms with E-state index in [1.54, 1.807) is 0 Å². The molecule has 0 saturated heterocycles. The maximum absolute atomic E-state index is 10.8. The van der Waals surface area contributed by atoms with Gasteiger partial charge in [-0.05, 0) is 12.8 Å². The van der Waals surface area contributed by atoms with Gasteiger partial charge in [0.05, 0.1) is 0 Å². The highest BCUT2D eigenvalue weighted by Gasteiger charge is 2.04. The molecule has 0 heterocycles. The molecule has 0 aromatic heterocycles. The Kier molecular flexibility index (Phi) is 6.03. The summed E-state index contributed by atoms with van der Waals surface area (Å²) in [6.07, 6.45) is 1.03. The molecule has 0 aromatic carbocycles. The van der Waals surface area contributed by atoms with Gasteiger partial charge < -0.3 is 5.11 Å². The largest absolute Gasteiger partial charge is 0.396 e. The minimum Gasteiger partial charge on any atom is -0.396 e. The van der Waals surface area contributed by atoms with Crippen molar-refractivity contribution in [3.63, 3.8) is 0 Å². The van der Waals surface area contributed by atoms with Crippen LogP contribution in [0.25, 0.3) is 0 Å². The summed E-state index contributed by atoms with van der Waals surface area (Å²) >= 11 is 0. The second-order valence-electron chi connectivity index (χ2n) is 1.98. The monoisotopic (exact) mass is 177 g/mol. The standard InChI is InChI=1S/C6H12NO3P/c1-5(3-2-4-8)6(9)7-10-11/h8H,1-4,11H2,(H,7,9). The first-order valence-corrected chi connectivity index (χ1v) is 3.64. The number of rotatable bonds is 5. The lowest BCUT2D eigenvalue weighted by Gasteiger charge is -2.02. The minimum absolute atomic E-state index is 0.0635. The highest BCUT2D eigenvalue weighted by molar-refractivity contribution is 7.09. The molecule has 11 heavy (non-hydrogen) atoms. The van der Waals surface area contributed by atoms with Gasteiger partial charge >= 0.3 is 0 Å². The molecule has 0 fully saturated rings. The zero-order valence-electron chi connectivity index (χ0n) is 6.17. The third-order valence-electron chi connectivity index (χ3n) is 1.11. The Labute approximate surface area is 67.9 Å². The molecule has 0 aliphatic carbocycles. The Hall–Kier alpha value is -0.440. The van der Waals surface area contributed by atoms with Crippen LogP contribution in [0.15, 0.2) is 12.2 Å². The molecule has 0 rings (SSSR count). The van der Waals surface area contributed by atoms with Crippen molar-refractivity contribution >= 4 is 15.4 Å². The second kappa shape index (κ2) is 6.28. The van der Waals surface area contributed by atoms with Gasteiger partial charge in [-0.1, -0.05) is 6.58 Å². The lowest BCUT2D eigenvalue weighted by Crippen LogP contribution is -2.21. The van der Waals surface area contributed by atoms with Gasteiger partial charge in [0.15, 0.2) is 0 Å². The summed E-state index contributed by atoms with van der Waals surface area (Å²) in [4.78, 5) is 10.8. The molecule has 0 aromatic rings. The van der Waals surface area contributed by atoms with E-state index in [4.69, 9.17) is 5.11 Å². The first kappa shape index (κ1) is 10.6. The molecule has 0 saturated carbocycles. The first-order chi connectivity index (χ1) is 5.22. The number of nitrogens with one attached hydrogen (secondary N) is 1. The minimum atomic E-state index is -0.353. The van der Waals surface area contributed by atoms with Crippen molar-refractivity contribution in [1.29, 1.82) is 0 Å². The van der Waals surface area contributed by atoms with E-state index in [1.165, 1.54) is 0 Å². The molecule has 0 aliphatic heterocycles. The van der Waals surface area contributed by atoms with Crippen molar-refractivity contribution in [2.45, 2.75) is 12.8 Å². The number of aliphatic hydroxyl groups excluding tert-OH is 1. The van der Waals surface area contributed by atoms with E-state index in [-0.39, 0.29) is 12.5 Å². The topological polar surface area (TPSA) is 58.6 Å². The average Bonchev–Trinajstić information content (AvgIpc) is 2.00. The quantitative estimate of drug-likeness (QED) is 0.357. The van der Waals surface area contributed by atoms with Gasteiger partial charge in [0.1, 0.15) is 0 Å². The van der Waals surface area contributed by atoms with E-state index in [1.807, 2.05) is 9.47 Å². The summed E-state index contributed by atoms with van der Waals surface area (Å²) in [6.45, 7) is 3.56. The second-order valence-corrected chi connectivity index (χ2v) is 2.22. The highest BCUT2D eigenvalue weighted by atomic mass is 31.0. The van der Waals surface area contributed by atoms with Crippen molar-refractivity contribution in [3.05, 3.63) is 12.2 Å². The van der Waals surface area contributed by atoms with Crippen molar-refractivity contribution in [2.24, 2.45) is 0 Å². The van der Waals surface area contributed by atoms with E-state index in [9.17, 15) is 4.79 Å². The molecule has 0 spiro atoms. The number of carbonyl (C=O) groups excluding carboxylic acids is 1. The summed E-state index contributed by atoms with van der Waals surface area (Å²) in [5.74, 6) is -0.353. The highest BCUT2D eigenvalue weighted by Crippen LogP contribution is 2.01. The molecule has 1 unspecified atom stereocenters. The Morgan fingerprint density at radius 1 is 1.73 bits per heavy atom. The fourth-order valence-corrected chi connectivity index (χ4v) is 0.639. The predicted octanol–water partition coefficient (Wildman–Crippen LogP) is 0.153. The zero-order valence-corrected chi connectivity index (χ0v) is 7.32. The normalized spacial score (nSPS) is 9.27. The van der Waals surface area contributed by atoms with Gasteiger partial charge in [0.2, 0.25) is 0 Å². The third kappa shape index (κ3) is 4.90. The van der Waals surface area contributed by atoms with Crippen LogP contribution in [0.1, 0.15) is 12.8 Å². The molecule has 1 atom stereocenters. The maximum Gasteiger partial charge on any atom is 0.270 e. The van der Waals surface area contributed by atoms with E-state index >= 15 is 0 Å². The molecule has 4 nitrogen and oxygen atoms in total. The van der Waals surface area contributed by atoms with Gasteiger partial charge in [-0.15, -0.1) is 0 Å². The SMILES string of the molecule is C=C(CCCO)C(=O)NOP. The van der Waals surface area contributed by atoms with Crippen LogP contribution in [0.3, 0.4) is 0 Å². The van der Waals surface area contributed by atoms with Crippen LogP contribution in [0.5, 0.6) is 0 Å². The Bertz CT molecular complexity index is 149. The van der Waals surface area contributed by atoms with Gasteiger partial charge in [-0.3, -0.25) is 9.42 Å². The van der Waals surface area contributed by atoms with Crippen LogP contribution in [0.4, 0.5) is 0 Å². The van der Waals surface area contributed by atoms with Gasteiger partial charge in [0.25, 0.3) is 5.91 Å². The average molecular weight is 177 g/mol. The summed E-state index contributed by atoms with van der Waals surface area (Å²) in [5.41, 5.74) is 2.50. The van der Waals surface area contributed by atoms with Crippen molar-refractivity contribution in [3.8, 4) is 0 Å². The fraction of sp³-hybridized carbons (Fsp3) is 0.500. The van der Waals surface area contributed by atoms with Gasteiger partial charge in [0, 0.05) is 21.6 Å². The molecule has 2 N–H and O–H groups in total. The van der Waals surface area contributed by atoms with Crippen LogP contribution >= 0.6 is 9.47 Å². The Morgan fingerprint density at radius 2 is 2.36 bits per heavy atom. The van der Waals surface area contributed by atoms with Gasteiger partial charge in [-0.2, -0.15) is 0 Å². The van der Waals surface area contributed by atoms with E-state index < -0.39 is 0 Å². The Balaban J connectivity index is 3.56. The van der Waals surface area contributed by atoms with E-state index in [0.29, 0.717) is 18.4 Å². The summed E-state index contributed by atoms with van der Waals surface area (Å²) in [5, 5.41) is 8.42. The summed E-state index contributed by atoms with van der Waals surface area (Å²) < 4.78 is 4.30. The van der Waals surface area contributed by atoms with Crippen molar-refractivity contribution < 1.29 is 14.5 Å². The number of amides is 1. The smallest absolute Gasteiger partial charge is 0.270 e. The summed E-state index contributed by atoms with van der Waals surface area (Å²) in [6, 6.07) is 0. The van der Waals surface area contributed by atoms with Crippen LogP contribution < -0.4 is 5.48 Å². The van der Waals surface area contributed by atoms with E-state index in [0.717, 1.165) is 0 Å². The predicted molar refractivity (Wildman–Crippen MR) is 44.4 cm³/mol. The zero-order chi connectivity index (χ0) is 8.69. The number of hydrogen-bond acceptors (Lipinski definition) is 3. The van der Waals surface area contributed by atoms with Crippen LogP contribution in [0.2, 0.25) is 0 Å². The molecule has 5 heteroatoms. The number of hydrogen-bond donors (Lipinski definition) is 2. The molecular weight excluding hydrogens is 165 g/mol. The van der Waals surface area contributed by atoms with Crippen LogP contribution in [-0.4, -0.2) is 17.6 Å². The molecule has 0 aliphatic rings. The fourth-order valence-electron chi connectivity index (χ4n) is 0.532. The first-order valence-electron chi connectivity index (χ1n) is 3.17. The Morgan fingerprint density at radius 3 is 2.82 bits per heavy atom. The van der Waals surface area contributed by atoms with Crippen molar-refractivity contribution in [1.82, 2.24) is 5.48 Å². The van der Waals surface area contributed by atoms with Crippen molar-refractivity contribution in [2.75, 3.05) is 6.61 Å². The van der Waals surface area contributed by atoms with Gasteiger partial charge in [-0.25, -0.2) is 5.48 Å². The van der Waals surface area contributed by atoms with Crippen LogP contribution in [-0.2, 0) is 9.42 Å². The lowest BCUT2D eigenvalue weighted by atomic mass is 10.1. The molecule has 1 amide bonds. The molecule has 64 valence electrons. The molecule has 0 bridgehead atoms. The lowest BCUT2D eigenvalue weighted by molar-refractivity contribution is -0.123. The number of aliphatic hydroxyl groups is 1. The molecular formula is C6H12NO3P. The summed E-state index contributed by atoms with van der Waals surface area (Å²) in [7, 11) is 1.89. The van der Waals surface area contributed by atoms with Crippen LogP contribution in [0, 0.1) is 0 Å². The maximum atomic E-state index is 10.8. The van der Waals surface area contributed by atoms with E-state index in [2.05, 4.69) is 16.7 Å². The number of hydroxylamine groups is 1. The third-order valence-corrected chi connectivity index (χ3v) is 1.23. The number of carbonyl (C=O) groups is 1.